The van der Waals surface area contributed by atoms with Gasteiger partial charge in [-0.2, -0.15) is 0 Å². The van der Waals surface area contributed by atoms with E-state index >= 15 is 0 Å². The first-order valence-electron chi connectivity index (χ1n) is 8.35. The summed E-state index contributed by atoms with van der Waals surface area (Å²) in [6.45, 7) is 8.22. The molecule has 0 unspecified atom stereocenters. The van der Waals surface area contributed by atoms with E-state index in [4.69, 9.17) is 5.73 Å². The average Bonchev–Trinajstić information content (AvgIpc) is 2.93. The van der Waals surface area contributed by atoms with E-state index in [1.54, 1.807) is 0 Å². The van der Waals surface area contributed by atoms with E-state index in [-0.39, 0.29) is 11.3 Å². The van der Waals surface area contributed by atoms with Crippen LogP contribution in [0, 0.1) is 11.3 Å². The molecule has 0 saturated heterocycles. The number of nitrogens with two attached hydrogens (primary N) is 1. The van der Waals surface area contributed by atoms with Crippen molar-refractivity contribution in [1.82, 2.24) is 16.2 Å². The monoisotopic (exact) mass is 366 g/mol. The van der Waals surface area contributed by atoms with Crippen molar-refractivity contribution in [2.24, 2.45) is 17.1 Å². The fraction of sp³-hybridized carbons (Fsp3) is 0.588. The number of rotatable bonds is 3. The van der Waals surface area contributed by atoms with Crippen molar-refractivity contribution in [3.63, 3.8) is 0 Å². The van der Waals surface area contributed by atoms with E-state index in [2.05, 4.69) is 36.9 Å². The summed E-state index contributed by atoms with van der Waals surface area (Å²) < 4.78 is 0. The summed E-state index contributed by atoms with van der Waals surface area (Å²) in [5.41, 5.74) is 11.1. The Bertz CT molecular complexity index is 678. The van der Waals surface area contributed by atoms with Crippen molar-refractivity contribution < 1.29 is 14.4 Å². The minimum atomic E-state index is -0.832. The molecule has 0 aliphatic heterocycles. The number of hydrazine groups is 1. The van der Waals surface area contributed by atoms with Gasteiger partial charge in [0.1, 0.15) is 6.04 Å². The summed E-state index contributed by atoms with van der Waals surface area (Å²) >= 11 is 1.47. The summed E-state index contributed by atoms with van der Waals surface area (Å²) in [6.07, 6.45) is 3.10. The van der Waals surface area contributed by atoms with E-state index in [0.29, 0.717) is 10.8 Å². The predicted octanol–water partition coefficient (Wildman–Crippen LogP) is 1.72. The number of hydrogen-bond acceptors (Lipinski definition) is 4. The van der Waals surface area contributed by atoms with E-state index in [1.165, 1.54) is 28.7 Å². The number of carbonyl (C=O) groups excluding carboxylic acids is 3. The van der Waals surface area contributed by atoms with E-state index < -0.39 is 18.0 Å². The number of urea groups is 1. The first-order chi connectivity index (χ1) is 11.6. The van der Waals surface area contributed by atoms with Gasteiger partial charge in [0.2, 0.25) is 0 Å². The fourth-order valence-electron chi connectivity index (χ4n) is 2.94. The number of nitrogens with one attached hydrogen (secondary N) is 3. The van der Waals surface area contributed by atoms with Gasteiger partial charge in [0.25, 0.3) is 11.8 Å². The molecule has 0 fully saturated rings. The number of carbonyl (C=O) groups is 3. The van der Waals surface area contributed by atoms with Crippen molar-refractivity contribution in [3.05, 3.63) is 21.4 Å². The molecule has 0 bridgehead atoms. The highest BCUT2D eigenvalue weighted by atomic mass is 32.1. The first kappa shape index (κ1) is 19.2. The van der Waals surface area contributed by atoms with Gasteiger partial charge in [-0.15, -0.1) is 11.3 Å². The second-order valence-electron chi connectivity index (χ2n) is 7.54. The van der Waals surface area contributed by atoms with Crippen LogP contribution in [0.4, 0.5) is 4.79 Å². The average molecular weight is 366 g/mol. The van der Waals surface area contributed by atoms with Gasteiger partial charge in [-0.25, -0.2) is 4.79 Å². The molecule has 1 aromatic rings. The molecular weight excluding hydrogens is 340 g/mol. The Labute approximate surface area is 151 Å². The highest BCUT2D eigenvalue weighted by Gasteiger charge is 2.30. The lowest BCUT2D eigenvalue weighted by Gasteiger charge is -2.33. The van der Waals surface area contributed by atoms with Crippen LogP contribution in [0.5, 0.6) is 0 Å². The molecule has 1 heterocycles. The maximum atomic E-state index is 12.3. The molecule has 2 atom stereocenters. The highest BCUT2D eigenvalue weighted by molar-refractivity contribution is 7.14. The van der Waals surface area contributed by atoms with Crippen LogP contribution in [-0.4, -0.2) is 23.9 Å². The van der Waals surface area contributed by atoms with Crippen LogP contribution in [0.15, 0.2) is 6.07 Å². The van der Waals surface area contributed by atoms with Crippen molar-refractivity contribution in [3.8, 4) is 0 Å². The number of aryl methyl sites for hydroxylation is 1. The van der Waals surface area contributed by atoms with Gasteiger partial charge in [-0.1, -0.05) is 20.8 Å². The molecule has 2 rings (SSSR count). The Morgan fingerprint density at radius 2 is 1.96 bits per heavy atom. The van der Waals surface area contributed by atoms with Gasteiger partial charge in [-0.3, -0.25) is 20.4 Å². The second-order valence-corrected chi connectivity index (χ2v) is 8.68. The Kier molecular flexibility index (Phi) is 5.72. The van der Waals surface area contributed by atoms with Crippen LogP contribution >= 0.6 is 11.3 Å². The van der Waals surface area contributed by atoms with Gasteiger partial charge in [-0.05, 0) is 49.1 Å². The van der Waals surface area contributed by atoms with Crippen LogP contribution < -0.4 is 21.9 Å². The van der Waals surface area contributed by atoms with Crippen molar-refractivity contribution >= 4 is 29.2 Å². The molecule has 4 amide bonds. The molecule has 138 valence electrons. The van der Waals surface area contributed by atoms with E-state index in [0.717, 1.165) is 19.3 Å². The van der Waals surface area contributed by atoms with Crippen LogP contribution in [-0.2, 0) is 17.6 Å². The Morgan fingerprint density at radius 3 is 2.56 bits per heavy atom. The van der Waals surface area contributed by atoms with Gasteiger partial charge in [0, 0.05) is 4.88 Å². The predicted molar refractivity (Wildman–Crippen MR) is 97.1 cm³/mol. The van der Waals surface area contributed by atoms with Crippen molar-refractivity contribution in [2.75, 3.05) is 0 Å². The quantitative estimate of drug-likeness (QED) is 0.611. The third-order valence-electron chi connectivity index (χ3n) is 4.58. The van der Waals surface area contributed by atoms with Gasteiger partial charge in [0.05, 0.1) is 4.88 Å². The zero-order valence-corrected chi connectivity index (χ0v) is 15.9. The smallest absolute Gasteiger partial charge is 0.312 e. The van der Waals surface area contributed by atoms with Gasteiger partial charge in [0.15, 0.2) is 0 Å². The van der Waals surface area contributed by atoms with Gasteiger partial charge >= 0.3 is 6.03 Å². The lowest BCUT2D eigenvalue weighted by atomic mass is 9.72. The molecular formula is C17H26N4O3S. The molecule has 1 aromatic heterocycles. The molecule has 1 aliphatic rings. The van der Waals surface area contributed by atoms with E-state index in [1.807, 2.05) is 6.07 Å². The fourth-order valence-corrected chi connectivity index (χ4v) is 4.05. The standard InChI is InChI=1S/C17H26N4O3S/c1-9(19-16(18)24)14(22)20-21-15(23)13-8-10-7-11(17(2,3)4)5-6-12(10)25-13/h8-9,11H,5-7H2,1-4H3,(H,20,22)(H,21,23)(H3,18,19,24)/t9-,11-/m0/s1. The SMILES string of the molecule is C[C@H](NC(N)=O)C(=O)NNC(=O)c1cc2c(s1)CC[C@H](C(C)(C)C)C2. The zero-order valence-electron chi connectivity index (χ0n) is 15.1. The van der Waals surface area contributed by atoms with Crippen molar-refractivity contribution in [1.29, 1.82) is 0 Å². The van der Waals surface area contributed by atoms with Crippen LogP contribution in [0.25, 0.3) is 0 Å². The van der Waals surface area contributed by atoms with Crippen LogP contribution in [0.2, 0.25) is 0 Å². The molecule has 8 heteroatoms. The second kappa shape index (κ2) is 7.43. The molecule has 5 N–H and O–H groups in total. The zero-order chi connectivity index (χ0) is 18.8. The largest absolute Gasteiger partial charge is 0.352 e. The number of amides is 4. The molecule has 0 aromatic carbocycles. The number of primary amides is 1. The lowest BCUT2D eigenvalue weighted by Crippen LogP contribution is -2.51. The van der Waals surface area contributed by atoms with Crippen molar-refractivity contribution in [2.45, 2.75) is 53.0 Å². The highest BCUT2D eigenvalue weighted by Crippen LogP contribution is 2.39. The maximum absolute atomic E-state index is 12.3. The van der Waals surface area contributed by atoms with E-state index in [9.17, 15) is 14.4 Å². The van der Waals surface area contributed by atoms with Gasteiger partial charge < -0.3 is 11.1 Å². The number of fused-ring (bicyclic) bond motifs is 1. The van der Waals surface area contributed by atoms with Crippen LogP contribution in [0.1, 0.15) is 54.2 Å². The Balaban J connectivity index is 1.95. The third-order valence-corrected chi connectivity index (χ3v) is 5.82. The molecule has 1 aliphatic carbocycles. The topological polar surface area (TPSA) is 113 Å². The third kappa shape index (κ3) is 4.94. The minimum Gasteiger partial charge on any atom is -0.352 e. The Hall–Kier alpha value is -2.09. The minimum absolute atomic E-state index is 0.250. The molecule has 25 heavy (non-hydrogen) atoms. The van der Waals surface area contributed by atoms with Crippen LogP contribution in [0.3, 0.4) is 0 Å². The summed E-state index contributed by atoms with van der Waals surface area (Å²) in [7, 11) is 0. The molecule has 0 radical (unpaired) electrons. The Morgan fingerprint density at radius 1 is 1.28 bits per heavy atom. The molecule has 7 nitrogen and oxygen atoms in total. The summed E-state index contributed by atoms with van der Waals surface area (Å²) in [5.74, 6) is -0.293. The summed E-state index contributed by atoms with van der Waals surface area (Å²) in [6, 6.07) is 0.292. The number of thiophene rings is 1. The molecule has 0 saturated carbocycles. The number of hydrogen-bond donors (Lipinski definition) is 4. The maximum Gasteiger partial charge on any atom is 0.312 e. The summed E-state index contributed by atoms with van der Waals surface area (Å²) in [5, 5.41) is 2.24. The normalized spacial score (nSPS) is 18.0. The molecule has 0 spiro atoms. The first-order valence-corrected chi connectivity index (χ1v) is 9.17. The summed E-state index contributed by atoms with van der Waals surface area (Å²) in [4.78, 5) is 36.6. The lowest BCUT2D eigenvalue weighted by molar-refractivity contribution is -0.123.